The zero-order valence-electron chi connectivity index (χ0n) is 17.1. The number of hydrogen-bond donors (Lipinski definition) is 2. The number of sulfonamides is 1. The number of anilines is 1. The Balaban J connectivity index is 1.28. The van der Waals surface area contributed by atoms with E-state index in [2.05, 4.69) is 20.5 Å². The van der Waals surface area contributed by atoms with Gasteiger partial charge < -0.3 is 10.1 Å². The molecule has 0 saturated carbocycles. The van der Waals surface area contributed by atoms with Gasteiger partial charge in [-0.1, -0.05) is 24.3 Å². The van der Waals surface area contributed by atoms with Crippen LogP contribution < -0.4 is 14.4 Å². The number of benzene rings is 3. The molecule has 1 aliphatic heterocycles. The van der Waals surface area contributed by atoms with Crippen molar-refractivity contribution in [1.82, 2.24) is 20.5 Å². The molecule has 4 aromatic rings. The second kappa shape index (κ2) is 7.65. The van der Waals surface area contributed by atoms with E-state index in [1.54, 1.807) is 31.4 Å². The Morgan fingerprint density at radius 1 is 1.09 bits per heavy atom. The molecule has 5 rings (SSSR count). The zero-order valence-corrected chi connectivity index (χ0v) is 17.9. The van der Waals surface area contributed by atoms with Crippen LogP contribution in [0, 0.1) is 0 Å². The molecular weight excluding hydrogens is 430 g/mol. The van der Waals surface area contributed by atoms with Crippen molar-refractivity contribution in [2.45, 2.75) is 11.4 Å². The summed E-state index contributed by atoms with van der Waals surface area (Å²) in [6.45, 7) is -0.234. The summed E-state index contributed by atoms with van der Waals surface area (Å²) in [5.74, 6) is 1.23. The van der Waals surface area contributed by atoms with E-state index in [0.717, 1.165) is 21.0 Å². The van der Waals surface area contributed by atoms with Gasteiger partial charge >= 0.3 is 0 Å². The lowest BCUT2D eigenvalue weighted by Crippen LogP contribution is -2.38. The van der Waals surface area contributed by atoms with E-state index in [0.29, 0.717) is 22.7 Å². The van der Waals surface area contributed by atoms with E-state index in [1.807, 2.05) is 36.4 Å². The number of hydrogen-bond acceptors (Lipinski definition) is 6. The van der Waals surface area contributed by atoms with Gasteiger partial charge in [-0.25, -0.2) is 13.4 Å². The van der Waals surface area contributed by atoms with Crippen LogP contribution in [0.5, 0.6) is 5.75 Å². The molecule has 2 heterocycles. The van der Waals surface area contributed by atoms with Gasteiger partial charge in [-0.05, 0) is 41.8 Å². The SMILES string of the molecule is COc1ccc(-c2n[nH]c(CNC(=O)CN3c4cccc5cccc(c45)S3(=O)=O)n2)cc1. The van der Waals surface area contributed by atoms with Crippen molar-refractivity contribution in [2.24, 2.45) is 0 Å². The third-order valence-electron chi connectivity index (χ3n) is 5.30. The van der Waals surface area contributed by atoms with Gasteiger partial charge in [-0.2, -0.15) is 5.10 Å². The van der Waals surface area contributed by atoms with Gasteiger partial charge in [0.2, 0.25) is 5.91 Å². The summed E-state index contributed by atoms with van der Waals surface area (Å²) in [6.07, 6.45) is 0. The highest BCUT2D eigenvalue weighted by Gasteiger charge is 2.36. The normalized spacial score (nSPS) is 14.0. The minimum atomic E-state index is -3.79. The molecule has 0 spiro atoms. The number of amides is 1. The summed E-state index contributed by atoms with van der Waals surface area (Å²) in [4.78, 5) is 17.2. The maximum absolute atomic E-state index is 13.0. The number of aromatic amines is 1. The van der Waals surface area contributed by atoms with Crippen LogP contribution in [0.1, 0.15) is 5.82 Å². The number of ether oxygens (including phenoxy) is 1. The quantitative estimate of drug-likeness (QED) is 0.467. The summed E-state index contributed by atoms with van der Waals surface area (Å²) < 4.78 is 32.3. The predicted octanol–water partition coefficient (Wildman–Crippen LogP) is 2.46. The van der Waals surface area contributed by atoms with E-state index >= 15 is 0 Å². The van der Waals surface area contributed by atoms with Crippen molar-refractivity contribution in [3.05, 3.63) is 66.5 Å². The fraction of sp³-hybridized carbons (Fsp3) is 0.136. The van der Waals surface area contributed by atoms with Gasteiger partial charge in [-0.15, -0.1) is 0 Å². The zero-order chi connectivity index (χ0) is 22.3. The number of nitrogens with zero attached hydrogens (tertiary/aromatic N) is 3. The van der Waals surface area contributed by atoms with Gasteiger partial charge in [0.15, 0.2) is 5.82 Å². The molecule has 32 heavy (non-hydrogen) atoms. The minimum Gasteiger partial charge on any atom is -0.497 e. The highest BCUT2D eigenvalue weighted by atomic mass is 32.2. The molecule has 162 valence electrons. The van der Waals surface area contributed by atoms with Gasteiger partial charge in [0.25, 0.3) is 10.0 Å². The highest BCUT2D eigenvalue weighted by Crippen LogP contribution is 2.41. The molecular formula is C22H19N5O4S. The van der Waals surface area contributed by atoms with Crippen molar-refractivity contribution >= 4 is 32.4 Å². The van der Waals surface area contributed by atoms with Crippen molar-refractivity contribution in [2.75, 3.05) is 18.0 Å². The van der Waals surface area contributed by atoms with Crippen LogP contribution in [0.25, 0.3) is 22.2 Å². The summed E-state index contributed by atoms with van der Waals surface area (Å²) in [6, 6.07) is 17.7. The standard InChI is InChI=1S/C22H19N5O4S/c1-31-16-10-8-15(9-11-16)22-24-19(25-26-22)12-23-20(28)13-27-17-6-2-4-14-5-3-7-18(21(14)17)32(27,29)30/h2-11H,12-13H2,1H3,(H,23,28)(H,24,25,26). The predicted molar refractivity (Wildman–Crippen MR) is 119 cm³/mol. The molecule has 1 aliphatic rings. The lowest BCUT2D eigenvalue weighted by atomic mass is 10.1. The van der Waals surface area contributed by atoms with Gasteiger partial charge in [0, 0.05) is 10.9 Å². The summed E-state index contributed by atoms with van der Waals surface area (Å²) in [5, 5.41) is 11.1. The van der Waals surface area contributed by atoms with Crippen LogP contribution in [-0.4, -0.2) is 43.2 Å². The average Bonchev–Trinajstić information content (AvgIpc) is 3.37. The molecule has 0 saturated heterocycles. The fourth-order valence-electron chi connectivity index (χ4n) is 3.74. The van der Waals surface area contributed by atoms with Crippen LogP contribution in [0.15, 0.2) is 65.6 Å². The summed E-state index contributed by atoms with van der Waals surface area (Å²) >= 11 is 0. The Kier molecular flexibility index (Phi) is 4.78. The first-order chi connectivity index (χ1) is 15.5. The molecule has 2 N–H and O–H groups in total. The molecule has 9 nitrogen and oxygen atoms in total. The third-order valence-corrected chi connectivity index (χ3v) is 7.10. The third kappa shape index (κ3) is 3.34. The van der Waals surface area contributed by atoms with E-state index in [9.17, 15) is 13.2 Å². The maximum Gasteiger partial charge on any atom is 0.265 e. The van der Waals surface area contributed by atoms with E-state index in [-0.39, 0.29) is 18.0 Å². The molecule has 0 unspecified atom stereocenters. The van der Waals surface area contributed by atoms with Gasteiger partial charge in [0.05, 0.1) is 24.2 Å². The second-order valence-corrected chi connectivity index (χ2v) is 9.08. The first kappa shape index (κ1) is 20.0. The van der Waals surface area contributed by atoms with E-state index < -0.39 is 15.9 Å². The molecule has 0 aliphatic carbocycles. The lowest BCUT2D eigenvalue weighted by molar-refractivity contribution is -0.119. The fourth-order valence-corrected chi connectivity index (χ4v) is 5.41. The molecule has 0 fully saturated rings. The molecule has 1 amide bonds. The van der Waals surface area contributed by atoms with Crippen LogP contribution in [-0.2, 0) is 21.4 Å². The number of nitrogens with one attached hydrogen (secondary N) is 2. The largest absolute Gasteiger partial charge is 0.497 e. The van der Waals surface area contributed by atoms with Crippen molar-refractivity contribution in [3.8, 4) is 17.1 Å². The smallest absolute Gasteiger partial charge is 0.265 e. The van der Waals surface area contributed by atoms with Gasteiger partial charge in [0.1, 0.15) is 18.1 Å². The Morgan fingerprint density at radius 2 is 1.84 bits per heavy atom. The van der Waals surface area contributed by atoms with Gasteiger partial charge in [-0.3, -0.25) is 14.2 Å². The number of methoxy groups -OCH3 is 1. The molecule has 1 aromatic heterocycles. The average molecular weight is 449 g/mol. The maximum atomic E-state index is 13.0. The molecule has 10 heteroatoms. The summed E-state index contributed by atoms with van der Waals surface area (Å²) in [5.41, 5.74) is 1.31. The minimum absolute atomic E-state index is 0.0903. The first-order valence-corrected chi connectivity index (χ1v) is 11.3. The number of H-pyrrole nitrogens is 1. The number of carbonyl (C=O) groups excluding carboxylic acids is 1. The Bertz CT molecular complexity index is 1430. The lowest BCUT2D eigenvalue weighted by Gasteiger charge is -2.18. The molecule has 3 aromatic carbocycles. The van der Waals surface area contributed by atoms with Crippen molar-refractivity contribution < 1.29 is 17.9 Å². The second-order valence-electron chi connectivity index (χ2n) is 7.25. The highest BCUT2D eigenvalue weighted by molar-refractivity contribution is 7.93. The van der Waals surface area contributed by atoms with Crippen LogP contribution in [0.4, 0.5) is 5.69 Å². The topological polar surface area (TPSA) is 117 Å². The molecule has 0 radical (unpaired) electrons. The van der Waals surface area contributed by atoms with Crippen LogP contribution in [0.2, 0.25) is 0 Å². The number of rotatable bonds is 6. The Hall–Kier alpha value is -3.92. The van der Waals surface area contributed by atoms with Crippen molar-refractivity contribution in [3.63, 3.8) is 0 Å². The summed E-state index contributed by atoms with van der Waals surface area (Å²) in [7, 11) is -2.20. The number of carbonyl (C=O) groups is 1. The van der Waals surface area contributed by atoms with Crippen molar-refractivity contribution in [1.29, 1.82) is 0 Å². The van der Waals surface area contributed by atoms with E-state index in [4.69, 9.17) is 4.74 Å². The Morgan fingerprint density at radius 3 is 2.59 bits per heavy atom. The molecule has 0 atom stereocenters. The molecule has 0 bridgehead atoms. The van der Waals surface area contributed by atoms with E-state index in [1.165, 1.54) is 0 Å². The number of aromatic nitrogens is 3. The van der Waals surface area contributed by atoms with Crippen LogP contribution >= 0.6 is 0 Å². The van der Waals surface area contributed by atoms with Crippen LogP contribution in [0.3, 0.4) is 0 Å². The monoisotopic (exact) mass is 449 g/mol. The Labute approximate surface area is 184 Å². The first-order valence-electron chi connectivity index (χ1n) is 9.84.